The van der Waals surface area contributed by atoms with Gasteiger partial charge in [-0.05, 0) is 30.7 Å². The molecule has 0 aromatic heterocycles. The van der Waals surface area contributed by atoms with E-state index in [4.69, 9.17) is 4.74 Å². The van der Waals surface area contributed by atoms with Crippen LogP contribution in [0.15, 0.2) is 24.3 Å². The van der Waals surface area contributed by atoms with Crippen LogP contribution in [-0.2, 0) is 4.74 Å². The van der Waals surface area contributed by atoms with Crippen molar-refractivity contribution in [2.24, 2.45) is 0 Å². The standard InChI is InChI=1S/C16H24N2O2/c1-12(2)13-4-6-14(7-5-13)16(19)17-10-15-11-18(3)8-9-20-15/h4-7,12,15H,8-11H2,1-3H3,(H,17,19). The van der Waals surface area contributed by atoms with Crippen LogP contribution in [0.4, 0.5) is 0 Å². The van der Waals surface area contributed by atoms with Crippen LogP contribution in [-0.4, -0.2) is 50.2 Å². The van der Waals surface area contributed by atoms with Crippen molar-refractivity contribution in [3.8, 4) is 0 Å². The minimum atomic E-state index is -0.0304. The van der Waals surface area contributed by atoms with Gasteiger partial charge in [-0.2, -0.15) is 0 Å². The number of likely N-dealkylation sites (N-methyl/N-ethyl adjacent to an activating group) is 1. The molecule has 1 fully saturated rings. The number of hydrogen-bond donors (Lipinski definition) is 1. The van der Waals surface area contributed by atoms with E-state index in [-0.39, 0.29) is 12.0 Å². The molecule has 1 aromatic carbocycles. The van der Waals surface area contributed by atoms with E-state index in [0.29, 0.717) is 18.0 Å². The normalized spacial score (nSPS) is 20.1. The van der Waals surface area contributed by atoms with Gasteiger partial charge in [0, 0.05) is 25.2 Å². The molecule has 0 saturated carbocycles. The van der Waals surface area contributed by atoms with Gasteiger partial charge in [0.25, 0.3) is 5.91 Å². The van der Waals surface area contributed by atoms with Crippen LogP contribution in [0.3, 0.4) is 0 Å². The van der Waals surface area contributed by atoms with Gasteiger partial charge in [0.1, 0.15) is 0 Å². The Morgan fingerprint density at radius 3 is 2.70 bits per heavy atom. The van der Waals surface area contributed by atoms with Crippen LogP contribution in [0.25, 0.3) is 0 Å². The molecular weight excluding hydrogens is 252 g/mol. The summed E-state index contributed by atoms with van der Waals surface area (Å²) in [5, 5.41) is 2.95. The average molecular weight is 276 g/mol. The van der Waals surface area contributed by atoms with Gasteiger partial charge in [0.05, 0.1) is 12.7 Å². The maximum absolute atomic E-state index is 12.1. The number of rotatable bonds is 4. The van der Waals surface area contributed by atoms with Crippen LogP contribution in [0.2, 0.25) is 0 Å². The second-order valence-electron chi connectivity index (χ2n) is 5.74. The Hall–Kier alpha value is -1.39. The zero-order chi connectivity index (χ0) is 14.5. The maximum Gasteiger partial charge on any atom is 0.251 e. The Labute approximate surface area is 121 Å². The highest BCUT2D eigenvalue weighted by Crippen LogP contribution is 2.14. The fraction of sp³-hybridized carbons (Fsp3) is 0.562. The number of benzene rings is 1. The molecule has 4 nitrogen and oxygen atoms in total. The van der Waals surface area contributed by atoms with Crippen molar-refractivity contribution in [2.45, 2.75) is 25.9 Å². The molecule has 20 heavy (non-hydrogen) atoms. The Balaban J connectivity index is 1.85. The summed E-state index contributed by atoms with van der Waals surface area (Å²) in [5.74, 6) is 0.454. The average Bonchev–Trinajstić information content (AvgIpc) is 2.45. The Bertz CT molecular complexity index is 442. The number of nitrogens with zero attached hydrogens (tertiary/aromatic N) is 1. The van der Waals surface area contributed by atoms with Gasteiger partial charge in [-0.15, -0.1) is 0 Å². The van der Waals surface area contributed by atoms with E-state index >= 15 is 0 Å². The molecule has 1 aliphatic heterocycles. The van der Waals surface area contributed by atoms with Gasteiger partial charge in [0.15, 0.2) is 0 Å². The van der Waals surface area contributed by atoms with E-state index in [1.165, 1.54) is 5.56 Å². The SMILES string of the molecule is CC(C)c1ccc(C(=O)NCC2CN(C)CCO2)cc1. The highest BCUT2D eigenvalue weighted by Gasteiger charge is 2.18. The fourth-order valence-electron chi connectivity index (χ4n) is 2.32. The van der Waals surface area contributed by atoms with Crippen molar-refractivity contribution in [2.75, 3.05) is 33.3 Å². The first kappa shape index (κ1) is 15.0. The molecule has 0 spiro atoms. The number of ether oxygens (including phenoxy) is 1. The molecule has 1 aromatic rings. The molecule has 4 heteroatoms. The third-order valence-electron chi connectivity index (χ3n) is 3.67. The van der Waals surface area contributed by atoms with E-state index in [1.54, 1.807) is 0 Å². The zero-order valence-electron chi connectivity index (χ0n) is 12.6. The molecule has 1 atom stereocenters. The number of nitrogens with one attached hydrogen (secondary N) is 1. The summed E-state index contributed by atoms with van der Waals surface area (Å²) in [6, 6.07) is 7.81. The summed E-state index contributed by atoms with van der Waals surface area (Å²) in [5.41, 5.74) is 1.96. The van der Waals surface area contributed by atoms with E-state index in [0.717, 1.165) is 19.7 Å². The van der Waals surface area contributed by atoms with Gasteiger partial charge in [0.2, 0.25) is 0 Å². The van der Waals surface area contributed by atoms with Crippen molar-refractivity contribution < 1.29 is 9.53 Å². The van der Waals surface area contributed by atoms with Crippen molar-refractivity contribution in [1.82, 2.24) is 10.2 Å². The van der Waals surface area contributed by atoms with Crippen molar-refractivity contribution in [1.29, 1.82) is 0 Å². The van der Waals surface area contributed by atoms with Crippen LogP contribution >= 0.6 is 0 Å². The first-order chi connectivity index (χ1) is 9.56. The maximum atomic E-state index is 12.1. The predicted octanol–water partition coefficient (Wildman–Crippen LogP) is 1.87. The minimum Gasteiger partial charge on any atom is -0.374 e. The lowest BCUT2D eigenvalue weighted by molar-refractivity contribution is -0.0175. The summed E-state index contributed by atoms with van der Waals surface area (Å²) in [6.07, 6.45) is 0.0904. The molecule has 1 aliphatic rings. The van der Waals surface area contributed by atoms with E-state index in [2.05, 4.69) is 31.1 Å². The second kappa shape index (κ2) is 6.86. The lowest BCUT2D eigenvalue weighted by Gasteiger charge is -2.30. The third-order valence-corrected chi connectivity index (χ3v) is 3.67. The summed E-state index contributed by atoms with van der Waals surface area (Å²) in [6.45, 7) is 7.42. The smallest absolute Gasteiger partial charge is 0.251 e. The molecule has 0 bridgehead atoms. The van der Waals surface area contributed by atoms with Crippen LogP contribution in [0.5, 0.6) is 0 Å². The largest absolute Gasteiger partial charge is 0.374 e. The van der Waals surface area contributed by atoms with Gasteiger partial charge in [-0.3, -0.25) is 4.79 Å². The first-order valence-corrected chi connectivity index (χ1v) is 7.24. The topological polar surface area (TPSA) is 41.6 Å². The summed E-state index contributed by atoms with van der Waals surface area (Å²) in [4.78, 5) is 14.3. The molecule has 0 radical (unpaired) electrons. The number of carbonyl (C=O) groups excluding carboxylic acids is 1. The summed E-state index contributed by atoms with van der Waals surface area (Å²) >= 11 is 0. The predicted molar refractivity (Wildman–Crippen MR) is 80.1 cm³/mol. The van der Waals surface area contributed by atoms with Crippen LogP contribution in [0.1, 0.15) is 35.7 Å². The van der Waals surface area contributed by atoms with Gasteiger partial charge in [-0.1, -0.05) is 26.0 Å². The van der Waals surface area contributed by atoms with Crippen molar-refractivity contribution >= 4 is 5.91 Å². The summed E-state index contributed by atoms with van der Waals surface area (Å²) < 4.78 is 5.63. The Morgan fingerprint density at radius 1 is 1.40 bits per heavy atom. The quantitative estimate of drug-likeness (QED) is 0.913. The lowest BCUT2D eigenvalue weighted by atomic mass is 10.0. The first-order valence-electron chi connectivity index (χ1n) is 7.24. The van der Waals surface area contributed by atoms with Gasteiger partial charge >= 0.3 is 0 Å². The van der Waals surface area contributed by atoms with Gasteiger partial charge in [-0.25, -0.2) is 0 Å². The monoisotopic (exact) mass is 276 g/mol. The zero-order valence-corrected chi connectivity index (χ0v) is 12.6. The Morgan fingerprint density at radius 2 is 2.10 bits per heavy atom. The molecule has 0 aliphatic carbocycles. The molecule has 1 saturated heterocycles. The minimum absolute atomic E-state index is 0.0304. The third kappa shape index (κ3) is 4.05. The molecule has 110 valence electrons. The van der Waals surface area contributed by atoms with E-state index in [1.807, 2.05) is 24.3 Å². The highest BCUT2D eigenvalue weighted by molar-refractivity contribution is 5.94. The molecule has 2 rings (SSSR count). The molecule has 1 amide bonds. The molecular formula is C16H24N2O2. The number of carbonyl (C=O) groups is 1. The molecule has 1 heterocycles. The van der Waals surface area contributed by atoms with Crippen LogP contribution < -0.4 is 5.32 Å². The fourth-order valence-corrected chi connectivity index (χ4v) is 2.32. The molecule has 1 N–H and O–H groups in total. The van der Waals surface area contributed by atoms with Crippen LogP contribution in [0, 0.1) is 0 Å². The second-order valence-corrected chi connectivity index (χ2v) is 5.74. The summed E-state index contributed by atoms with van der Waals surface area (Å²) in [7, 11) is 2.07. The highest BCUT2D eigenvalue weighted by atomic mass is 16.5. The number of amides is 1. The number of morpholine rings is 1. The van der Waals surface area contributed by atoms with Crippen molar-refractivity contribution in [3.05, 3.63) is 35.4 Å². The lowest BCUT2D eigenvalue weighted by Crippen LogP contribution is -2.45. The van der Waals surface area contributed by atoms with Gasteiger partial charge < -0.3 is 15.0 Å². The van der Waals surface area contributed by atoms with E-state index in [9.17, 15) is 4.79 Å². The van der Waals surface area contributed by atoms with Crippen molar-refractivity contribution in [3.63, 3.8) is 0 Å². The number of hydrogen-bond acceptors (Lipinski definition) is 3. The Kier molecular flexibility index (Phi) is 5.15. The van der Waals surface area contributed by atoms with E-state index < -0.39 is 0 Å². The molecule has 1 unspecified atom stereocenters.